The number of nitrogens with zero attached hydrogens (tertiary/aromatic N) is 3. The molecule has 1 N–H and O–H groups in total. The van der Waals surface area contributed by atoms with E-state index in [9.17, 15) is 4.79 Å². The highest BCUT2D eigenvalue weighted by Crippen LogP contribution is 2.21. The number of hydrogen-bond donors (Lipinski definition) is 1. The van der Waals surface area contributed by atoms with Gasteiger partial charge in [-0.05, 0) is 37.3 Å². The van der Waals surface area contributed by atoms with Crippen molar-refractivity contribution in [2.45, 2.75) is 6.92 Å². The predicted octanol–water partition coefficient (Wildman–Crippen LogP) is 1.48. The van der Waals surface area contributed by atoms with Gasteiger partial charge in [0, 0.05) is 5.56 Å². The molecule has 0 aliphatic heterocycles. The molecule has 0 atom stereocenters. The molecule has 96 valence electrons. The molecule has 0 saturated heterocycles. The summed E-state index contributed by atoms with van der Waals surface area (Å²) >= 11 is 0. The van der Waals surface area contributed by atoms with E-state index in [4.69, 9.17) is 4.74 Å². The molecule has 6 nitrogen and oxygen atoms in total. The molecule has 0 fully saturated rings. The van der Waals surface area contributed by atoms with Gasteiger partial charge in [-0.3, -0.25) is 4.79 Å². The van der Waals surface area contributed by atoms with E-state index in [2.05, 4.69) is 15.3 Å². The molecule has 0 amide bonds. The Morgan fingerprint density at radius 1 is 1.32 bits per heavy atom. The fourth-order valence-corrected chi connectivity index (χ4v) is 1.88. The zero-order valence-corrected chi connectivity index (χ0v) is 10.3. The predicted molar refractivity (Wildman–Crippen MR) is 70.2 cm³/mol. The molecule has 0 aliphatic carbocycles. The van der Waals surface area contributed by atoms with Gasteiger partial charge in [-0.2, -0.15) is 10.2 Å². The number of ether oxygens (including phenoxy) is 1. The van der Waals surface area contributed by atoms with Crippen LogP contribution in [0.4, 0.5) is 0 Å². The number of rotatable bonds is 3. The highest BCUT2D eigenvalue weighted by atomic mass is 16.5. The van der Waals surface area contributed by atoms with Crippen LogP contribution in [-0.4, -0.2) is 26.4 Å². The summed E-state index contributed by atoms with van der Waals surface area (Å²) in [5.74, 6) is 0.814. The maximum absolute atomic E-state index is 11.6. The monoisotopic (exact) mass is 256 g/mol. The number of nitrogens with one attached hydrogen (secondary N) is 1. The van der Waals surface area contributed by atoms with Crippen molar-refractivity contribution in [3.8, 4) is 17.0 Å². The normalized spacial score (nSPS) is 10.8. The van der Waals surface area contributed by atoms with Gasteiger partial charge in [0.05, 0.1) is 12.3 Å². The molecule has 2 aromatic heterocycles. The highest BCUT2D eigenvalue weighted by molar-refractivity contribution is 5.65. The molecule has 3 aromatic rings. The van der Waals surface area contributed by atoms with Gasteiger partial charge in [-0.25, -0.2) is 9.61 Å². The molecule has 0 radical (unpaired) electrons. The van der Waals surface area contributed by atoms with Crippen molar-refractivity contribution in [3.63, 3.8) is 0 Å². The van der Waals surface area contributed by atoms with Crippen LogP contribution in [0.3, 0.4) is 0 Å². The first-order valence-electron chi connectivity index (χ1n) is 5.94. The van der Waals surface area contributed by atoms with Crippen LogP contribution in [-0.2, 0) is 0 Å². The Morgan fingerprint density at radius 2 is 2.11 bits per heavy atom. The van der Waals surface area contributed by atoms with Crippen molar-refractivity contribution in [2.24, 2.45) is 0 Å². The Morgan fingerprint density at radius 3 is 2.79 bits per heavy atom. The van der Waals surface area contributed by atoms with Gasteiger partial charge in [0.1, 0.15) is 17.6 Å². The zero-order chi connectivity index (χ0) is 13.2. The molecule has 19 heavy (non-hydrogen) atoms. The second-order valence-electron chi connectivity index (χ2n) is 4.00. The van der Waals surface area contributed by atoms with Crippen LogP contribution in [0, 0.1) is 0 Å². The Labute approximate surface area is 108 Å². The van der Waals surface area contributed by atoms with Crippen molar-refractivity contribution in [1.29, 1.82) is 0 Å². The van der Waals surface area contributed by atoms with E-state index < -0.39 is 0 Å². The summed E-state index contributed by atoms with van der Waals surface area (Å²) in [7, 11) is 0. The lowest BCUT2D eigenvalue weighted by Crippen LogP contribution is -2.10. The zero-order valence-electron chi connectivity index (χ0n) is 10.3. The molecule has 0 bridgehead atoms. The minimum atomic E-state index is -0.257. The SMILES string of the molecule is CCOc1ccc(-c2cc3c(=O)[nH]ncn3n2)cc1. The average Bonchev–Trinajstić information content (AvgIpc) is 2.85. The van der Waals surface area contributed by atoms with Crippen LogP contribution in [0.25, 0.3) is 16.8 Å². The summed E-state index contributed by atoms with van der Waals surface area (Å²) in [6.45, 7) is 2.57. The maximum atomic E-state index is 11.6. The molecule has 0 saturated carbocycles. The van der Waals surface area contributed by atoms with Crippen molar-refractivity contribution < 1.29 is 4.74 Å². The standard InChI is InChI=1S/C13H12N4O2/c1-2-19-10-5-3-9(4-6-10)11-7-12-13(18)15-14-8-17(12)16-11/h3-8H,2H2,1H3,(H,15,18). The van der Waals surface area contributed by atoms with E-state index in [0.29, 0.717) is 12.1 Å². The topological polar surface area (TPSA) is 72.3 Å². The van der Waals surface area contributed by atoms with Crippen LogP contribution in [0.15, 0.2) is 41.5 Å². The molecule has 1 aromatic carbocycles. The Bertz CT molecular complexity index is 758. The van der Waals surface area contributed by atoms with E-state index in [-0.39, 0.29) is 5.56 Å². The summed E-state index contributed by atoms with van der Waals surface area (Å²) in [5, 5.41) is 10.4. The van der Waals surface area contributed by atoms with Crippen LogP contribution in [0.2, 0.25) is 0 Å². The van der Waals surface area contributed by atoms with E-state index in [1.807, 2.05) is 31.2 Å². The van der Waals surface area contributed by atoms with Crippen LogP contribution in [0.5, 0.6) is 5.75 Å². The van der Waals surface area contributed by atoms with Crippen molar-refractivity contribution in [1.82, 2.24) is 19.8 Å². The van der Waals surface area contributed by atoms with Gasteiger partial charge in [-0.15, -0.1) is 0 Å². The maximum Gasteiger partial charge on any atom is 0.290 e. The van der Waals surface area contributed by atoms with Gasteiger partial charge in [0.25, 0.3) is 5.56 Å². The number of aromatic nitrogens is 4. The van der Waals surface area contributed by atoms with Gasteiger partial charge in [0.2, 0.25) is 0 Å². The van der Waals surface area contributed by atoms with Gasteiger partial charge >= 0.3 is 0 Å². The van der Waals surface area contributed by atoms with Gasteiger partial charge in [-0.1, -0.05) is 0 Å². The Balaban J connectivity index is 2.04. The number of hydrogen-bond acceptors (Lipinski definition) is 4. The highest BCUT2D eigenvalue weighted by Gasteiger charge is 2.07. The van der Waals surface area contributed by atoms with Crippen molar-refractivity contribution >= 4 is 5.52 Å². The molecule has 0 spiro atoms. The second kappa shape index (κ2) is 4.56. The van der Waals surface area contributed by atoms with E-state index in [1.165, 1.54) is 10.8 Å². The molecular formula is C13H12N4O2. The Hall–Kier alpha value is -2.63. The number of aromatic amines is 1. The number of benzene rings is 1. The lowest BCUT2D eigenvalue weighted by molar-refractivity contribution is 0.340. The smallest absolute Gasteiger partial charge is 0.290 e. The van der Waals surface area contributed by atoms with E-state index in [0.717, 1.165) is 17.0 Å². The lowest BCUT2D eigenvalue weighted by Gasteiger charge is -2.02. The summed E-state index contributed by atoms with van der Waals surface area (Å²) in [4.78, 5) is 11.6. The van der Waals surface area contributed by atoms with Crippen LogP contribution in [0.1, 0.15) is 6.92 Å². The minimum absolute atomic E-state index is 0.257. The fourth-order valence-electron chi connectivity index (χ4n) is 1.88. The molecule has 6 heteroatoms. The summed E-state index contributed by atoms with van der Waals surface area (Å²) in [5.41, 5.74) is 1.86. The third-order valence-corrected chi connectivity index (χ3v) is 2.76. The fraction of sp³-hybridized carbons (Fsp3) is 0.154. The number of H-pyrrole nitrogens is 1. The lowest BCUT2D eigenvalue weighted by atomic mass is 10.1. The number of fused-ring (bicyclic) bond motifs is 1. The van der Waals surface area contributed by atoms with Crippen molar-refractivity contribution in [2.75, 3.05) is 6.61 Å². The van der Waals surface area contributed by atoms with E-state index in [1.54, 1.807) is 6.07 Å². The first-order valence-corrected chi connectivity index (χ1v) is 5.94. The molecular weight excluding hydrogens is 244 g/mol. The first kappa shape index (κ1) is 11.5. The second-order valence-corrected chi connectivity index (χ2v) is 4.00. The minimum Gasteiger partial charge on any atom is -0.494 e. The van der Waals surface area contributed by atoms with E-state index >= 15 is 0 Å². The quantitative estimate of drug-likeness (QED) is 0.770. The third kappa shape index (κ3) is 2.08. The molecule has 0 aliphatic rings. The Kier molecular flexibility index (Phi) is 2.75. The summed E-state index contributed by atoms with van der Waals surface area (Å²) in [6.07, 6.45) is 1.47. The molecule has 0 unspecified atom stereocenters. The average molecular weight is 256 g/mol. The van der Waals surface area contributed by atoms with Gasteiger partial charge in [0.15, 0.2) is 0 Å². The van der Waals surface area contributed by atoms with Gasteiger partial charge < -0.3 is 4.74 Å². The van der Waals surface area contributed by atoms with Crippen LogP contribution < -0.4 is 10.3 Å². The van der Waals surface area contributed by atoms with Crippen LogP contribution >= 0.6 is 0 Å². The molecule has 3 rings (SSSR count). The summed E-state index contributed by atoms with van der Waals surface area (Å²) < 4.78 is 6.85. The first-order chi connectivity index (χ1) is 9.28. The van der Waals surface area contributed by atoms with Crippen molar-refractivity contribution in [3.05, 3.63) is 47.0 Å². The largest absolute Gasteiger partial charge is 0.494 e. The summed E-state index contributed by atoms with van der Waals surface area (Å²) in [6, 6.07) is 9.32. The third-order valence-electron chi connectivity index (χ3n) is 2.76. The molecule has 2 heterocycles.